The monoisotopic (exact) mass is 179 g/mol. The number of benzene rings is 1. The van der Waals surface area contributed by atoms with Crippen molar-refractivity contribution in [2.45, 2.75) is 12.5 Å². The fourth-order valence-electron chi connectivity index (χ4n) is 1.63. The molecule has 70 valence electrons. The summed E-state index contributed by atoms with van der Waals surface area (Å²) in [6, 6.07) is 5.58. The van der Waals surface area contributed by atoms with Crippen LogP contribution in [0.15, 0.2) is 18.2 Å². The first-order chi connectivity index (χ1) is 6.33. The number of nitrogens with two attached hydrogens (primary N) is 1. The van der Waals surface area contributed by atoms with E-state index in [4.69, 9.17) is 15.6 Å². The number of hydrogen-bond acceptors (Lipinski definition) is 3. The molecule has 0 saturated heterocycles. The van der Waals surface area contributed by atoms with E-state index < -0.39 is 0 Å². The van der Waals surface area contributed by atoms with Crippen molar-refractivity contribution in [2.75, 3.05) is 13.2 Å². The zero-order valence-corrected chi connectivity index (χ0v) is 7.36. The third-order valence-electron chi connectivity index (χ3n) is 2.34. The van der Waals surface area contributed by atoms with Gasteiger partial charge in [-0.3, -0.25) is 0 Å². The standard InChI is InChI=1S/C10H13NO2/c11-9(6-12)8-3-1-2-7-4-5-13-10(7)8/h1-3,9,12H,4-6,11H2/t9-/m1/s1. The first kappa shape index (κ1) is 8.53. The third kappa shape index (κ3) is 1.41. The van der Waals surface area contributed by atoms with Crippen LogP contribution in [0.2, 0.25) is 0 Å². The van der Waals surface area contributed by atoms with Gasteiger partial charge < -0.3 is 15.6 Å². The van der Waals surface area contributed by atoms with Gasteiger partial charge in [-0.15, -0.1) is 0 Å². The van der Waals surface area contributed by atoms with Crippen LogP contribution >= 0.6 is 0 Å². The zero-order chi connectivity index (χ0) is 9.26. The predicted octanol–water partition coefficient (Wildman–Crippen LogP) is 0.614. The Labute approximate surface area is 77.1 Å². The molecule has 1 atom stereocenters. The Morgan fingerprint density at radius 3 is 3.15 bits per heavy atom. The van der Waals surface area contributed by atoms with E-state index in [1.54, 1.807) is 0 Å². The summed E-state index contributed by atoms with van der Waals surface area (Å²) < 4.78 is 5.46. The second kappa shape index (κ2) is 3.36. The molecule has 3 heteroatoms. The predicted molar refractivity (Wildman–Crippen MR) is 49.7 cm³/mol. The van der Waals surface area contributed by atoms with E-state index in [2.05, 4.69) is 0 Å². The van der Waals surface area contributed by atoms with Crippen LogP contribution in [0.5, 0.6) is 5.75 Å². The summed E-state index contributed by atoms with van der Waals surface area (Å²) in [7, 11) is 0. The van der Waals surface area contributed by atoms with Gasteiger partial charge in [0.15, 0.2) is 0 Å². The van der Waals surface area contributed by atoms with Gasteiger partial charge in [-0.1, -0.05) is 18.2 Å². The van der Waals surface area contributed by atoms with Crippen molar-refractivity contribution in [1.82, 2.24) is 0 Å². The van der Waals surface area contributed by atoms with Gasteiger partial charge in [0.2, 0.25) is 0 Å². The van der Waals surface area contributed by atoms with Crippen molar-refractivity contribution in [2.24, 2.45) is 5.73 Å². The lowest BCUT2D eigenvalue weighted by Crippen LogP contribution is -2.15. The molecule has 2 rings (SSSR count). The second-order valence-electron chi connectivity index (χ2n) is 3.22. The molecule has 0 unspecified atom stereocenters. The number of hydrogen-bond donors (Lipinski definition) is 2. The largest absolute Gasteiger partial charge is 0.493 e. The summed E-state index contributed by atoms with van der Waals surface area (Å²) in [6.07, 6.45) is 0.946. The van der Waals surface area contributed by atoms with E-state index >= 15 is 0 Å². The maximum absolute atomic E-state index is 8.94. The molecule has 0 aliphatic carbocycles. The number of rotatable bonds is 2. The summed E-state index contributed by atoms with van der Waals surface area (Å²) in [5.74, 6) is 0.879. The van der Waals surface area contributed by atoms with E-state index in [1.165, 1.54) is 5.56 Å². The highest BCUT2D eigenvalue weighted by Gasteiger charge is 2.18. The Morgan fingerprint density at radius 2 is 2.38 bits per heavy atom. The lowest BCUT2D eigenvalue weighted by molar-refractivity contribution is 0.263. The van der Waals surface area contributed by atoms with Crippen molar-refractivity contribution in [3.63, 3.8) is 0 Å². The van der Waals surface area contributed by atoms with Crippen molar-refractivity contribution in [1.29, 1.82) is 0 Å². The molecular formula is C10H13NO2. The van der Waals surface area contributed by atoms with E-state index in [1.807, 2.05) is 18.2 Å². The SMILES string of the molecule is N[C@H](CO)c1cccc2c1OCC2. The zero-order valence-electron chi connectivity index (χ0n) is 7.36. The van der Waals surface area contributed by atoms with Crippen LogP contribution in [0.1, 0.15) is 17.2 Å². The molecule has 13 heavy (non-hydrogen) atoms. The lowest BCUT2D eigenvalue weighted by atomic mass is 10.0. The normalized spacial score (nSPS) is 16.5. The number of para-hydroxylation sites is 1. The summed E-state index contributed by atoms with van der Waals surface area (Å²) in [4.78, 5) is 0. The topological polar surface area (TPSA) is 55.5 Å². The van der Waals surface area contributed by atoms with Gasteiger partial charge >= 0.3 is 0 Å². The Hall–Kier alpha value is -1.06. The minimum Gasteiger partial charge on any atom is -0.493 e. The van der Waals surface area contributed by atoms with Crippen LogP contribution < -0.4 is 10.5 Å². The van der Waals surface area contributed by atoms with Gasteiger partial charge in [0.05, 0.1) is 19.3 Å². The molecule has 1 aliphatic heterocycles. The van der Waals surface area contributed by atoms with Crippen LogP contribution in [0.4, 0.5) is 0 Å². The summed E-state index contributed by atoms with van der Waals surface area (Å²) >= 11 is 0. The Morgan fingerprint density at radius 1 is 1.54 bits per heavy atom. The number of aliphatic hydroxyl groups excluding tert-OH is 1. The first-order valence-electron chi connectivity index (χ1n) is 4.44. The average molecular weight is 179 g/mol. The molecule has 1 aromatic carbocycles. The molecule has 0 fully saturated rings. The Balaban J connectivity index is 2.41. The molecule has 0 amide bonds. The molecule has 0 bridgehead atoms. The quantitative estimate of drug-likeness (QED) is 0.699. The first-order valence-corrected chi connectivity index (χ1v) is 4.44. The molecule has 1 aliphatic rings. The highest BCUT2D eigenvalue weighted by atomic mass is 16.5. The molecule has 0 saturated carbocycles. The van der Waals surface area contributed by atoms with Gasteiger partial charge in [-0.2, -0.15) is 0 Å². The van der Waals surface area contributed by atoms with Gasteiger partial charge in [0, 0.05) is 12.0 Å². The van der Waals surface area contributed by atoms with Crippen molar-refractivity contribution in [3.05, 3.63) is 29.3 Å². The molecule has 1 aromatic rings. The van der Waals surface area contributed by atoms with Gasteiger partial charge in [0.1, 0.15) is 5.75 Å². The minimum absolute atomic E-state index is 0.0419. The van der Waals surface area contributed by atoms with Crippen molar-refractivity contribution < 1.29 is 9.84 Å². The Bertz CT molecular complexity index is 312. The van der Waals surface area contributed by atoms with E-state index in [0.717, 1.165) is 24.3 Å². The average Bonchev–Trinajstić information content (AvgIpc) is 2.63. The van der Waals surface area contributed by atoms with Gasteiger partial charge in [0.25, 0.3) is 0 Å². The third-order valence-corrected chi connectivity index (χ3v) is 2.34. The molecule has 3 nitrogen and oxygen atoms in total. The summed E-state index contributed by atoms with van der Waals surface area (Å²) in [6.45, 7) is 0.685. The fraction of sp³-hybridized carbons (Fsp3) is 0.400. The number of aliphatic hydroxyl groups is 1. The highest BCUT2D eigenvalue weighted by molar-refractivity contribution is 5.45. The number of fused-ring (bicyclic) bond motifs is 1. The molecule has 1 heterocycles. The molecule has 3 N–H and O–H groups in total. The minimum atomic E-state index is -0.326. The van der Waals surface area contributed by atoms with E-state index in [9.17, 15) is 0 Å². The fourth-order valence-corrected chi connectivity index (χ4v) is 1.63. The van der Waals surface area contributed by atoms with Crippen LogP contribution in [-0.4, -0.2) is 18.3 Å². The van der Waals surface area contributed by atoms with Crippen LogP contribution in [-0.2, 0) is 6.42 Å². The summed E-state index contributed by atoms with van der Waals surface area (Å²) in [5.41, 5.74) is 7.85. The maximum Gasteiger partial charge on any atom is 0.127 e. The Kier molecular flexibility index (Phi) is 2.20. The van der Waals surface area contributed by atoms with E-state index in [0.29, 0.717) is 0 Å². The van der Waals surface area contributed by atoms with Crippen LogP contribution in [0, 0.1) is 0 Å². The van der Waals surface area contributed by atoms with Crippen LogP contribution in [0.3, 0.4) is 0 Å². The van der Waals surface area contributed by atoms with Crippen molar-refractivity contribution in [3.8, 4) is 5.75 Å². The smallest absolute Gasteiger partial charge is 0.127 e. The van der Waals surface area contributed by atoms with E-state index in [-0.39, 0.29) is 12.6 Å². The number of ether oxygens (including phenoxy) is 1. The van der Waals surface area contributed by atoms with Crippen LogP contribution in [0.25, 0.3) is 0 Å². The summed E-state index contributed by atoms with van der Waals surface area (Å²) in [5, 5.41) is 8.94. The second-order valence-corrected chi connectivity index (χ2v) is 3.22. The molecule has 0 aromatic heterocycles. The lowest BCUT2D eigenvalue weighted by Gasteiger charge is -2.12. The molecule has 0 spiro atoms. The maximum atomic E-state index is 8.94. The van der Waals surface area contributed by atoms with Gasteiger partial charge in [-0.05, 0) is 5.56 Å². The molecular weight excluding hydrogens is 166 g/mol. The van der Waals surface area contributed by atoms with Crippen molar-refractivity contribution >= 4 is 0 Å². The molecule has 0 radical (unpaired) electrons. The van der Waals surface area contributed by atoms with Gasteiger partial charge in [-0.25, -0.2) is 0 Å². The highest BCUT2D eigenvalue weighted by Crippen LogP contribution is 2.32.